The number of aryl methyl sites for hydroxylation is 2. The monoisotopic (exact) mass is 526 g/mol. The summed E-state index contributed by atoms with van der Waals surface area (Å²) in [7, 11) is 1.75. The van der Waals surface area contributed by atoms with Crippen molar-refractivity contribution in [2.24, 2.45) is 4.99 Å². The van der Waals surface area contributed by atoms with Gasteiger partial charge in [0.15, 0.2) is 5.96 Å². The second kappa shape index (κ2) is 12.8. The van der Waals surface area contributed by atoms with Crippen molar-refractivity contribution < 1.29 is 4.79 Å². The summed E-state index contributed by atoms with van der Waals surface area (Å²) in [4.78, 5) is 20.9. The van der Waals surface area contributed by atoms with E-state index < -0.39 is 0 Å². The molecule has 3 N–H and O–H groups in total. The number of amides is 1. The van der Waals surface area contributed by atoms with Gasteiger partial charge in [-0.25, -0.2) is 4.98 Å². The zero-order valence-corrected chi connectivity index (χ0v) is 20.4. The van der Waals surface area contributed by atoms with Crippen LogP contribution in [-0.2, 0) is 11.3 Å². The van der Waals surface area contributed by atoms with Gasteiger partial charge >= 0.3 is 0 Å². The highest BCUT2D eigenvalue weighted by Crippen LogP contribution is 2.17. The van der Waals surface area contributed by atoms with Gasteiger partial charge in [0.05, 0.1) is 11.0 Å². The van der Waals surface area contributed by atoms with Gasteiger partial charge in [0, 0.05) is 39.1 Å². The van der Waals surface area contributed by atoms with Crippen molar-refractivity contribution in [1.29, 1.82) is 0 Å². The highest BCUT2D eigenvalue weighted by Gasteiger charge is 2.15. The highest BCUT2D eigenvalue weighted by atomic mass is 127. The van der Waals surface area contributed by atoms with E-state index in [0.717, 1.165) is 49.7 Å². The molecule has 7 nitrogen and oxygen atoms in total. The predicted molar refractivity (Wildman–Crippen MR) is 133 cm³/mol. The number of hydrogen-bond donors (Lipinski definition) is 3. The van der Waals surface area contributed by atoms with E-state index in [-0.39, 0.29) is 29.9 Å². The minimum Gasteiger partial charge on any atom is -0.356 e. The third kappa shape index (κ3) is 7.14. The summed E-state index contributed by atoms with van der Waals surface area (Å²) in [6, 6.07) is 8.60. The van der Waals surface area contributed by atoms with Gasteiger partial charge in [-0.05, 0) is 38.3 Å². The number of halogens is 1. The lowest BCUT2D eigenvalue weighted by Gasteiger charge is -2.22. The molecule has 2 aromatic rings. The molecule has 30 heavy (non-hydrogen) atoms. The maximum atomic E-state index is 12.1. The number of hydrogen-bond acceptors (Lipinski definition) is 3. The fourth-order valence-corrected chi connectivity index (χ4v) is 3.98. The van der Waals surface area contributed by atoms with E-state index in [1.54, 1.807) is 7.05 Å². The van der Waals surface area contributed by atoms with Crippen molar-refractivity contribution in [2.45, 2.75) is 64.5 Å². The Morgan fingerprint density at radius 2 is 1.90 bits per heavy atom. The zero-order chi connectivity index (χ0) is 20.5. The first kappa shape index (κ1) is 24.4. The largest absolute Gasteiger partial charge is 0.356 e. The molecule has 1 heterocycles. The van der Waals surface area contributed by atoms with Crippen LogP contribution in [0.4, 0.5) is 0 Å². The molecule has 0 unspecified atom stereocenters. The van der Waals surface area contributed by atoms with Crippen molar-refractivity contribution in [3.63, 3.8) is 0 Å². The fourth-order valence-electron chi connectivity index (χ4n) is 3.98. The van der Waals surface area contributed by atoms with E-state index in [0.29, 0.717) is 19.0 Å². The first-order valence-electron chi connectivity index (χ1n) is 10.8. The SMILES string of the molecule is CN=C(NCCCn1c(C)nc2ccccc21)NCCC(=O)NC1CCCCC1.I. The molecule has 1 amide bonds. The molecule has 0 radical (unpaired) electrons. The maximum Gasteiger partial charge on any atom is 0.221 e. The van der Waals surface area contributed by atoms with Crippen LogP contribution in [0.25, 0.3) is 11.0 Å². The van der Waals surface area contributed by atoms with Crippen molar-refractivity contribution in [1.82, 2.24) is 25.5 Å². The minimum atomic E-state index is 0. The van der Waals surface area contributed by atoms with Crippen LogP contribution in [-0.4, -0.2) is 47.6 Å². The van der Waals surface area contributed by atoms with E-state index in [1.807, 2.05) is 25.1 Å². The third-order valence-corrected chi connectivity index (χ3v) is 5.53. The van der Waals surface area contributed by atoms with Crippen molar-refractivity contribution in [3.8, 4) is 0 Å². The Morgan fingerprint density at radius 1 is 1.17 bits per heavy atom. The number of rotatable bonds is 8. The number of carbonyl (C=O) groups excluding carboxylic acids is 1. The van der Waals surface area contributed by atoms with Crippen LogP contribution in [0.3, 0.4) is 0 Å². The molecule has 3 rings (SSSR count). The number of aliphatic imine (C=N–C) groups is 1. The normalized spacial score (nSPS) is 14.9. The molecule has 1 aromatic carbocycles. The van der Waals surface area contributed by atoms with Crippen molar-refractivity contribution in [3.05, 3.63) is 30.1 Å². The van der Waals surface area contributed by atoms with Crippen LogP contribution in [0.2, 0.25) is 0 Å². The molecule has 1 saturated carbocycles. The standard InChI is InChI=1S/C22H34N6O.HI/c1-17-26-19-11-6-7-12-20(19)28(17)16-8-14-24-22(23-2)25-15-13-21(29)27-18-9-4-3-5-10-18;/h6-7,11-12,18H,3-5,8-10,13-16H2,1-2H3,(H,27,29)(H2,23,24,25);1H. The smallest absolute Gasteiger partial charge is 0.221 e. The van der Waals surface area contributed by atoms with Crippen molar-refractivity contribution >= 4 is 46.9 Å². The average molecular weight is 526 g/mol. The van der Waals surface area contributed by atoms with Crippen LogP contribution in [0, 0.1) is 6.92 Å². The average Bonchev–Trinajstić information content (AvgIpc) is 3.05. The van der Waals surface area contributed by atoms with E-state index >= 15 is 0 Å². The number of carbonyl (C=O) groups is 1. The third-order valence-electron chi connectivity index (χ3n) is 5.53. The number of imidazole rings is 1. The second-order valence-electron chi connectivity index (χ2n) is 7.73. The molecular formula is C22H35IN6O. The molecule has 0 saturated heterocycles. The molecule has 1 aromatic heterocycles. The Balaban J connectivity index is 0.00000320. The number of fused-ring (bicyclic) bond motifs is 1. The molecule has 0 aliphatic heterocycles. The summed E-state index contributed by atoms with van der Waals surface area (Å²) >= 11 is 0. The number of benzene rings is 1. The Kier molecular flexibility index (Phi) is 10.4. The topological polar surface area (TPSA) is 83.3 Å². The van der Waals surface area contributed by atoms with Crippen LogP contribution in [0.5, 0.6) is 0 Å². The molecule has 0 spiro atoms. The Hall–Kier alpha value is -1.84. The van der Waals surface area contributed by atoms with Gasteiger partial charge in [-0.2, -0.15) is 0 Å². The Labute approximate surface area is 196 Å². The van der Waals surface area contributed by atoms with Crippen LogP contribution in [0.15, 0.2) is 29.3 Å². The number of nitrogens with zero attached hydrogens (tertiary/aromatic N) is 3. The lowest BCUT2D eigenvalue weighted by Crippen LogP contribution is -2.41. The van der Waals surface area contributed by atoms with E-state index in [9.17, 15) is 4.79 Å². The summed E-state index contributed by atoms with van der Waals surface area (Å²) < 4.78 is 2.25. The molecule has 8 heteroatoms. The number of nitrogens with one attached hydrogen (secondary N) is 3. The van der Waals surface area contributed by atoms with Crippen molar-refractivity contribution in [2.75, 3.05) is 20.1 Å². The highest BCUT2D eigenvalue weighted by molar-refractivity contribution is 14.0. The summed E-state index contributed by atoms with van der Waals surface area (Å²) in [5.41, 5.74) is 2.22. The van der Waals surface area contributed by atoms with Crippen LogP contribution >= 0.6 is 24.0 Å². The van der Waals surface area contributed by atoms with Gasteiger partial charge in [-0.1, -0.05) is 31.4 Å². The predicted octanol–water partition coefficient (Wildman–Crippen LogP) is 3.36. The van der Waals surface area contributed by atoms with E-state index in [2.05, 4.69) is 36.6 Å². The summed E-state index contributed by atoms with van der Waals surface area (Å²) in [5, 5.41) is 9.71. The zero-order valence-electron chi connectivity index (χ0n) is 18.1. The second-order valence-corrected chi connectivity index (χ2v) is 7.73. The number of para-hydroxylation sites is 2. The molecule has 0 bridgehead atoms. The summed E-state index contributed by atoms with van der Waals surface area (Å²) in [6.45, 7) is 4.34. The van der Waals surface area contributed by atoms with Gasteiger partial charge in [0.1, 0.15) is 5.82 Å². The molecule has 166 valence electrons. The molecule has 1 fully saturated rings. The molecule has 0 atom stereocenters. The van der Waals surface area contributed by atoms with Gasteiger partial charge in [0.25, 0.3) is 0 Å². The molecule has 1 aliphatic rings. The summed E-state index contributed by atoms with van der Waals surface area (Å²) in [5.74, 6) is 1.91. The van der Waals surface area contributed by atoms with E-state index in [1.165, 1.54) is 24.8 Å². The lowest BCUT2D eigenvalue weighted by molar-refractivity contribution is -0.121. The van der Waals surface area contributed by atoms with Crippen LogP contribution < -0.4 is 16.0 Å². The Morgan fingerprint density at radius 3 is 2.67 bits per heavy atom. The van der Waals surface area contributed by atoms with Gasteiger partial charge in [-0.3, -0.25) is 9.79 Å². The number of aromatic nitrogens is 2. The van der Waals surface area contributed by atoms with E-state index in [4.69, 9.17) is 0 Å². The quantitative estimate of drug-likeness (QED) is 0.213. The van der Waals surface area contributed by atoms with Gasteiger partial charge in [0.2, 0.25) is 5.91 Å². The summed E-state index contributed by atoms with van der Waals surface area (Å²) in [6.07, 6.45) is 7.43. The fraction of sp³-hybridized carbons (Fsp3) is 0.591. The first-order valence-corrected chi connectivity index (χ1v) is 10.8. The maximum absolute atomic E-state index is 12.1. The first-order chi connectivity index (χ1) is 14.2. The lowest BCUT2D eigenvalue weighted by atomic mass is 9.95. The van der Waals surface area contributed by atoms with Gasteiger partial charge in [-0.15, -0.1) is 24.0 Å². The van der Waals surface area contributed by atoms with Gasteiger partial charge < -0.3 is 20.5 Å². The van der Waals surface area contributed by atoms with Crippen LogP contribution in [0.1, 0.15) is 50.8 Å². The minimum absolute atomic E-state index is 0. The molecule has 1 aliphatic carbocycles. The molecular weight excluding hydrogens is 491 g/mol. The Bertz CT molecular complexity index is 828. The number of guanidine groups is 1.